The maximum Gasteiger partial charge on any atom is 0.258 e. The highest BCUT2D eigenvalue weighted by Crippen LogP contribution is 2.37. The van der Waals surface area contributed by atoms with Gasteiger partial charge in [-0.05, 0) is 87.3 Å². The molecule has 2 aromatic carbocycles. The summed E-state index contributed by atoms with van der Waals surface area (Å²) in [5.74, 6) is 0.220. The summed E-state index contributed by atoms with van der Waals surface area (Å²) in [6.45, 7) is 15.8. The second-order valence-electron chi connectivity index (χ2n) is 9.18. The number of nitrogens with zero attached hydrogens (tertiary/aromatic N) is 4. The van der Waals surface area contributed by atoms with Crippen molar-refractivity contribution in [1.82, 2.24) is 9.88 Å². The minimum atomic E-state index is -0.799. The average Bonchev–Trinajstić information content (AvgIpc) is 3.03. The molecule has 1 fully saturated rings. The molecule has 8 heteroatoms. The van der Waals surface area contributed by atoms with Gasteiger partial charge < -0.3 is 9.64 Å². The minimum Gasteiger partial charge on any atom is -0.494 e. The number of aromatic nitrogens is 1. The molecule has 0 bridgehead atoms. The predicted octanol–water partition coefficient (Wildman–Crippen LogP) is 6.24. The van der Waals surface area contributed by atoms with Crippen LogP contribution < -0.4 is 9.64 Å². The van der Waals surface area contributed by atoms with Crippen LogP contribution in [-0.2, 0) is 4.79 Å². The Morgan fingerprint density at radius 2 is 1.83 bits per heavy atom. The van der Waals surface area contributed by atoms with Crippen LogP contribution in [0.5, 0.6) is 5.75 Å². The first-order valence-corrected chi connectivity index (χ1v) is 12.0. The summed E-state index contributed by atoms with van der Waals surface area (Å²) in [7, 11) is 0. The van der Waals surface area contributed by atoms with E-state index in [0.717, 1.165) is 16.7 Å². The smallest absolute Gasteiger partial charge is 0.258 e. The summed E-state index contributed by atoms with van der Waals surface area (Å²) in [5, 5.41) is 0.451. The third-order valence-corrected chi connectivity index (χ3v) is 7.05. The van der Waals surface area contributed by atoms with Crippen LogP contribution in [0, 0.1) is 26.2 Å². The molecule has 1 aromatic heterocycles. The topological polar surface area (TPSA) is 50.0 Å². The molecule has 1 saturated heterocycles. The highest BCUT2D eigenvalue weighted by Gasteiger charge is 2.49. The SMILES string of the molecule is [C-]#[N+]c1ccc(N2C(=O)C(C)(C)N(CCCOc3ccc(-c4ccncc4F)cc3)C2=S)c(C)c1C. The van der Waals surface area contributed by atoms with E-state index in [9.17, 15) is 9.18 Å². The number of pyridine rings is 1. The molecule has 1 amide bonds. The number of halogens is 1. The number of carbonyl (C=O) groups excluding carboxylic acids is 1. The second-order valence-corrected chi connectivity index (χ2v) is 9.55. The predicted molar refractivity (Wildman–Crippen MR) is 143 cm³/mol. The molecule has 1 aliphatic rings. The van der Waals surface area contributed by atoms with Crippen molar-refractivity contribution in [3.05, 3.63) is 83.2 Å². The zero-order valence-corrected chi connectivity index (χ0v) is 21.5. The maximum absolute atomic E-state index is 14.0. The van der Waals surface area contributed by atoms with Gasteiger partial charge in [0.1, 0.15) is 17.1 Å². The molecule has 0 radical (unpaired) electrons. The van der Waals surface area contributed by atoms with E-state index in [-0.39, 0.29) is 11.7 Å². The Morgan fingerprint density at radius 3 is 2.50 bits per heavy atom. The number of hydrogen-bond donors (Lipinski definition) is 0. The molecule has 0 spiro atoms. The Morgan fingerprint density at radius 1 is 1.11 bits per heavy atom. The first-order chi connectivity index (χ1) is 17.2. The summed E-state index contributed by atoms with van der Waals surface area (Å²) in [6, 6.07) is 12.4. The van der Waals surface area contributed by atoms with Crippen molar-refractivity contribution in [3.8, 4) is 16.9 Å². The molecule has 0 N–H and O–H groups in total. The number of thiocarbonyl (C=S) groups is 1. The fraction of sp³-hybridized carbons (Fsp3) is 0.286. The maximum atomic E-state index is 14.0. The molecule has 0 unspecified atom stereocenters. The Hall–Kier alpha value is -3.83. The average molecular weight is 503 g/mol. The third kappa shape index (κ3) is 4.54. The number of amides is 1. The quantitative estimate of drug-likeness (QED) is 0.218. The molecule has 4 rings (SSSR count). The van der Waals surface area contributed by atoms with Gasteiger partial charge in [-0.25, -0.2) is 9.24 Å². The normalized spacial score (nSPS) is 14.8. The van der Waals surface area contributed by atoms with Gasteiger partial charge in [0.2, 0.25) is 0 Å². The van der Waals surface area contributed by atoms with Crippen molar-refractivity contribution in [3.63, 3.8) is 0 Å². The van der Waals surface area contributed by atoms with Crippen LogP contribution in [0.15, 0.2) is 54.9 Å². The van der Waals surface area contributed by atoms with E-state index in [1.165, 1.54) is 6.20 Å². The van der Waals surface area contributed by atoms with E-state index in [1.807, 2.05) is 56.9 Å². The van der Waals surface area contributed by atoms with Gasteiger partial charge >= 0.3 is 0 Å². The molecule has 2 heterocycles. The lowest BCUT2D eigenvalue weighted by Crippen LogP contribution is -2.44. The highest BCUT2D eigenvalue weighted by molar-refractivity contribution is 7.80. The van der Waals surface area contributed by atoms with Crippen LogP contribution in [-0.4, -0.2) is 39.6 Å². The van der Waals surface area contributed by atoms with Gasteiger partial charge in [0.05, 0.1) is 25.1 Å². The van der Waals surface area contributed by atoms with Crippen LogP contribution in [0.2, 0.25) is 0 Å². The number of ether oxygens (including phenoxy) is 1. The molecule has 184 valence electrons. The van der Waals surface area contributed by atoms with Crippen LogP contribution >= 0.6 is 12.2 Å². The Balaban J connectivity index is 1.40. The van der Waals surface area contributed by atoms with E-state index in [0.29, 0.717) is 47.4 Å². The van der Waals surface area contributed by atoms with Gasteiger partial charge in [-0.3, -0.25) is 14.7 Å². The van der Waals surface area contributed by atoms with Crippen LogP contribution in [0.3, 0.4) is 0 Å². The van der Waals surface area contributed by atoms with E-state index >= 15 is 0 Å². The molecular weight excluding hydrogens is 475 g/mol. The lowest BCUT2D eigenvalue weighted by Gasteiger charge is -2.29. The molecule has 36 heavy (non-hydrogen) atoms. The van der Waals surface area contributed by atoms with Gasteiger partial charge in [-0.1, -0.05) is 18.2 Å². The third-order valence-electron chi connectivity index (χ3n) is 6.65. The van der Waals surface area contributed by atoms with E-state index in [1.54, 1.807) is 29.3 Å². The second kappa shape index (κ2) is 10.0. The van der Waals surface area contributed by atoms with Gasteiger partial charge in [0, 0.05) is 18.3 Å². The largest absolute Gasteiger partial charge is 0.494 e. The van der Waals surface area contributed by atoms with E-state index < -0.39 is 5.54 Å². The van der Waals surface area contributed by atoms with Crippen molar-refractivity contribution in [2.75, 3.05) is 18.1 Å². The number of anilines is 1. The lowest BCUT2D eigenvalue weighted by atomic mass is 10.0. The lowest BCUT2D eigenvalue weighted by molar-refractivity contribution is -0.123. The summed E-state index contributed by atoms with van der Waals surface area (Å²) >= 11 is 5.74. The Bertz CT molecular complexity index is 1360. The number of hydrogen-bond acceptors (Lipinski definition) is 4. The van der Waals surface area contributed by atoms with Gasteiger partial charge in [-0.2, -0.15) is 0 Å². The van der Waals surface area contributed by atoms with Gasteiger partial charge in [0.25, 0.3) is 5.91 Å². The van der Waals surface area contributed by atoms with Crippen LogP contribution in [0.1, 0.15) is 31.4 Å². The summed E-state index contributed by atoms with van der Waals surface area (Å²) in [6.07, 6.45) is 3.41. The summed E-state index contributed by atoms with van der Waals surface area (Å²) in [4.78, 5) is 24.2. The number of rotatable bonds is 7. The fourth-order valence-corrected chi connectivity index (χ4v) is 4.83. The monoisotopic (exact) mass is 502 g/mol. The molecule has 3 aromatic rings. The van der Waals surface area contributed by atoms with Crippen molar-refractivity contribution in [2.45, 2.75) is 39.7 Å². The zero-order chi connectivity index (χ0) is 26.0. The summed E-state index contributed by atoms with van der Waals surface area (Å²) < 4.78 is 19.8. The van der Waals surface area contributed by atoms with Gasteiger partial charge in [0.15, 0.2) is 10.8 Å². The standard InChI is InChI=1S/C28H27FN4O2S/c1-18-19(2)25(12-11-24(18)30-5)33-26(34)28(3,4)32(27(33)36)15-6-16-35-21-9-7-20(8-10-21)22-13-14-31-17-23(22)29/h7-14,17H,6,15-16H2,1-4H3. The Kier molecular flexibility index (Phi) is 7.04. The van der Waals surface area contributed by atoms with Crippen molar-refractivity contribution < 1.29 is 13.9 Å². The molecule has 6 nitrogen and oxygen atoms in total. The molecule has 0 atom stereocenters. The molecular formula is C28H27FN4O2S. The molecule has 0 aliphatic carbocycles. The van der Waals surface area contributed by atoms with E-state index in [4.69, 9.17) is 23.5 Å². The van der Waals surface area contributed by atoms with Crippen molar-refractivity contribution >= 4 is 34.6 Å². The Labute approximate surface area is 216 Å². The first kappa shape index (κ1) is 25.3. The van der Waals surface area contributed by atoms with E-state index in [2.05, 4.69) is 9.83 Å². The zero-order valence-electron chi connectivity index (χ0n) is 20.7. The first-order valence-electron chi connectivity index (χ1n) is 11.6. The number of benzene rings is 2. The van der Waals surface area contributed by atoms with Crippen LogP contribution in [0.25, 0.3) is 16.0 Å². The van der Waals surface area contributed by atoms with Crippen LogP contribution in [0.4, 0.5) is 15.8 Å². The minimum absolute atomic E-state index is 0.0922. The fourth-order valence-electron chi connectivity index (χ4n) is 4.33. The van der Waals surface area contributed by atoms with Crippen molar-refractivity contribution in [2.24, 2.45) is 0 Å². The molecule has 0 saturated carbocycles. The van der Waals surface area contributed by atoms with Crippen molar-refractivity contribution in [1.29, 1.82) is 0 Å². The van der Waals surface area contributed by atoms with Gasteiger partial charge in [-0.15, -0.1) is 0 Å². The molecule has 1 aliphatic heterocycles. The highest BCUT2D eigenvalue weighted by atomic mass is 32.1. The summed E-state index contributed by atoms with van der Waals surface area (Å²) in [5.41, 5.74) is 3.44. The number of carbonyl (C=O) groups is 1.